The van der Waals surface area contributed by atoms with Gasteiger partial charge in [-0.2, -0.15) is 10.4 Å². The maximum atomic E-state index is 15.5. The molecule has 3 heterocycles. The fraction of sp³-hybridized carbons (Fsp3) is 0.406. The molecule has 1 aromatic carbocycles. The number of nitrogens with one attached hydrogen (secondary N) is 1. The maximum absolute atomic E-state index is 15.5. The number of rotatable bonds is 9. The molecular weight excluding hydrogens is 552 g/mol. The highest BCUT2D eigenvalue weighted by Crippen LogP contribution is 2.38. The number of nitrogens with zero attached hydrogens (tertiary/aromatic N) is 5. The van der Waals surface area contributed by atoms with Crippen LogP contribution < -0.4 is 11.1 Å². The number of pyridine rings is 1. The van der Waals surface area contributed by atoms with Gasteiger partial charge in [0.1, 0.15) is 17.5 Å². The Hall–Kier alpha value is -4.27. The van der Waals surface area contributed by atoms with Crippen LogP contribution in [0.15, 0.2) is 48.9 Å². The second-order valence-corrected chi connectivity index (χ2v) is 11.4. The highest BCUT2D eigenvalue weighted by Gasteiger charge is 2.35. The van der Waals surface area contributed by atoms with Crippen molar-refractivity contribution in [3.8, 4) is 17.3 Å². The molecule has 1 aliphatic carbocycles. The maximum Gasteiger partial charge on any atom is 0.254 e. The van der Waals surface area contributed by atoms with Gasteiger partial charge in [-0.25, -0.2) is 18.3 Å². The quantitative estimate of drug-likeness (QED) is 0.265. The Bertz CT molecular complexity index is 1650. The van der Waals surface area contributed by atoms with Gasteiger partial charge in [0.05, 0.1) is 53.7 Å². The number of fused-ring (bicyclic) bond motifs is 1. The Balaban J connectivity index is 1.44. The van der Waals surface area contributed by atoms with Crippen molar-refractivity contribution in [1.82, 2.24) is 24.9 Å². The molecule has 4 aromatic rings. The zero-order chi connectivity index (χ0) is 30.7. The minimum Gasteiger partial charge on any atom is -0.375 e. The fourth-order valence-corrected chi connectivity index (χ4v) is 5.99. The van der Waals surface area contributed by atoms with E-state index in [1.54, 1.807) is 36.8 Å². The standard InChI is InChI=1S/C32H35F2N7O2/c1-18(2)39-32(42)24-6-7-25(33)29(30(24)34)27-8-5-22-17-38-28(41(22)40-27)15-21-16-37-11-9-23(21)20-13-19(3)31(26(36)14-20)43-12-4-10-35/h5-9,11,16-20,26,31H,4,12-15,36H2,1-3H3,(H,39,42)/t19-,20+,26+,31-/m0/s1. The molecule has 9 nitrogen and oxygen atoms in total. The number of nitriles is 1. The lowest BCUT2D eigenvalue weighted by atomic mass is 9.73. The first-order valence-electron chi connectivity index (χ1n) is 14.5. The van der Waals surface area contributed by atoms with Gasteiger partial charge in [0.25, 0.3) is 5.91 Å². The van der Waals surface area contributed by atoms with Crippen LogP contribution in [-0.4, -0.2) is 50.3 Å². The van der Waals surface area contributed by atoms with E-state index in [2.05, 4.69) is 33.4 Å². The molecule has 3 aromatic heterocycles. The van der Waals surface area contributed by atoms with E-state index in [9.17, 15) is 9.18 Å². The van der Waals surface area contributed by atoms with Crippen LogP contribution in [-0.2, 0) is 11.2 Å². The molecule has 0 bridgehead atoms. The number of carbonyl (C=O) groups is 1. The minimum atomic E-state index is -0.973. The number of halogens is 2. The Kier molecular flexibility index (Phi) is 9.08. The monoisotopic (exact) mass is 587 g/mol. The summed E-state index contributed by atoms with van der Waals surface area (Å²) in [7, 11) is 0. The highest BCUT2D eigenvalue weighted by atomic mass is 19.1. The van der Waals surface area contributed by atoms with Crippen molar-refractivity contribution in [2.75, 3.05) is 6.61 Å². The van der Waals surface area contributed by atoms with E-state index >= 15 is 4.39 Å². The van der Waals surface area contributed by atoms with E-state index in [1.807, 2.05) is 12.3 Å². The van der Waals surface area contributed by atoms with Gasteiger partial charge in [0.2, 0.25) is 0 Å². The van der Waals surface area contributed by atoms with Crippen LogP contribution in [0.1, 0.15) is 73.3 Å². The molecule has 1 fully saturated rings. The first kappa shape index (κ1) is 30.2. The molecule has 4 atom stereocenters. The predicted molar refractivity (Wildman–Crippen MR) is 157 cm³/mol. The SMILES string of the molecule is CC(C)NC(=O)c1ccc(F)c(-c2ccc3cnc(Cc4cnccc4[C@H]4C[C@@H](N)[C@@H](OCCC#N)[C@@H](C)C4)n3n2)c1F. The first-order chi connectivity index (χ1) is 20.7. The molecule has 5 rings (SSSR count). The van der Waals surface area contributed by atoms with Crippen LogP contribution in [0, 0.1) is 28.9 Å². The summed E-state index contributed by atoms with van der Waals surface area (Å²) in [6.07, 6.45) is 7.43. The lowest BCUT2D eigenvalue weighted by Gasteiger charge is -2.39. The van der Waals surface area contributed by atoms with Gasteiger partial charge in [-0.05, 0) is 80.0 Å². The van der Waals surface area contributed by atoms with Crippen LogP contribution in [0.2, 0.25) is 0 Å². The van der Waals surface area contributed by atoms with Gasteiger partial charge in [0.15, 0.2) is 0 Å². The summed E-state index contributed by atoms with van der Waals surface area (Å²) < 4.78 is 38.0. The normalized spacial score (nSPS) is 20.3. The van der Waals surface area contributed by atoms with Gasteiger partial charge in [-0.1, -0.05) is 6.92 Å². The zero-order valence-corrected chi connectivity index (χ0v) is 24.4. The Labute approximate surface area is 249 Å². The van der Waals surface area contributed by atoms with Gasteiger partial charge < -0.3 is 15.8 Å². The highest BCUT2D eigenvalue weighted by molar-refractivity contribution is 5.96. The summed E-state index contributed by atoms with van der Waals surface area (Å²) >= 11 is 0. The molecule has 224 valence electrons. The predicted octanol–water partition coefficient (Wildman–Crippen LogP) is 4.94. The van der Waals surface area contributed by atoms with Crippen LogP contribution in [0.25, 0.3) is 16.8 Å². The fourth-order valence-electron chi connectivity index (χ4n) is 5.99. The number of aromatic nitrogens is 4. The van der Waals surface area contributed by atoms with E-state index in [1.165, 1.54) is 6.07 Å². The molecule has 1 aliphatic rings. The van der Waals surface area contributed by atoms with E-state index in [0.29, 0.717) is 30.8 Å². The molecule has 0 aliphatic heterocycles. The van der Waals surface area contributed by atoms with Gasteiger partial charge >= 0.3 is 0 Å². The Morgan fingerprint density at radius 2 is 2.02 bits per heavy atom. The van der Waals surface area contributed by atoms with Crippen molar-refractivity contribution >= 4 is 11.4 Å². The van der Waals surface area contributed by atoms with Gasteiger partial charge in [0, 0.05) is 30.9 Å². The van der Waals surface area contributed by atoms with Crippen LogP contribution in [0.5, 0.6) is 0 Å². The molecule has 0 radical (unpaired) electrons. The van der Waals surface area contributed by atoms with Crippen molar-refractivity contribution in [1.29, 1.82) is 5.26 Å². The van der Waals surface area contributed by atoms with Gasteiger partial charge in [-0.15, -0.1) is 0 Å². The topological polar surface area (TPSA) is 131 Å². The number of nitrogens with two attached hydrogens (primary N) is 1. The van der Waals surface area contributed by atoms with Crippen LogP contribution in [0.3, 0.4) is 0 Å². The summed E-state index contributed by atoms with van der Waals surface area (Å²) in [5.74, 6) is -1.46. The number of hydrogen-bond acceptors (Lipinski definition) is 7. The molecule has 0 saturated heterocycles. The lowest BCUT2D eigenvalue weighted by molar-refractivity contribution is -0.0199. The largest absolute Gasteiger partial charge is 0.375 e. The number of ether oxygens (including phenoxy) is 1. The smallest absolute Gasteiger partial charge is 0.254 e. The zero-order valence-electron chi connectivity index (χ0n) is 24.4. The minimum absolute atomic E-state index is 0.0434. The average Bonchev–Trinajstić information content (AvgIpc) is 3.36. The second-order valence-electron chi connectivity index (χ2n) is 11.4. The Morgan fingerprint density at radius 1 is 1.21 bits per heavy atom. The van der Waals surface area contributed by atoms with E-state index in [0.717, 1.165) is 36.1 Å². The van der Waals surface area contributed by atoms with E-state index in [-0.39, 0.29) is 46.8 Å². The third-order valence-electron chi connectivity index (χ3n) is 7.92. The molecule has 1 saturated carbocycles. The molecular formula is C32H35F2N7O2. The van der Waals surface area contributed by atoms with Crippen LogP contribution >= 0.6 is 0 Å². The number of hydrogen-bond donors (Lipinski definition) is 2. The van der Waals surface area contributed by atoms with Crippen molar-refractivity contribution in [2.24, 2.45) is 11.7 Å². The molecule has 1 amide bonds. The number of benzene rings is 1. The number of amides is 1. The number of imidazole rings is 1. The summed E-state index contributed by atoms with van der Waals surface area (Å²) in [6.45, 7) is 6.02. The van der Waals surface area contributed by atoms with Crippen LogP contribution in [0.4, 0.5) is 8.78 Å². The van der Waals surface area contributed by atoms with Crippen molar-refractivity contribution in [3.63, 3.8) is 0 Å². The van der Waals surface area contributed by atoms with Crippen molar-refractivity contribution < 1.29 is 18.3 Å². The summed E-state index contributed by atoms with van der Waals surface area (Å²) in [6, 6.07) is 9.14. The number of carbonyl (C=O) groups excluding carboxylic acids is 1. The van der Waals surface area contributed by atoms with Crippen molar-refractivity contribution in [3.05, 3.63) is 83.1 Å². The Morgan fingerprint density at radius 3 is 2.77 bits per heavy atom. The molecule has 3 N–H and O–H groups in total. The van der Waals surface area contributed by atoms with E-state index in [4.69, 9.17) is 15.7 Å². The summed E-state index contributed by atoms with van der Waals surface area (Å²) in [5.41, 5.74) is 8.69. The molecule has 11 heteroatoms. The van der Waals surface area contributed by atoms with Crippen molar-refractivity contribution in [2.45, 2.75) is 70.6 Å². The first-order valence-corrected chi connectivity index (χ1v) is 14.5. The lowest BCUT2D eigenvalue weighted by Crippen LogP contribution is -2.46. The van der Waals surface area contributed by atoms with Gasteiger partial charge in [-0.3, -0.25) is 9.78 Å². The molecule has 43 heavy (non-hydrogen) atoms. The summed E-state index contributed by atoms with van der Waals surface area (Å²) in [4.78, 5) is 21.5. The summed E-state index contributed by atoms with van der Waals surface area (Å²) in [5, 5.41) is 16.0. The third kappa shape index (κ3) is 6.40. The van der Waals surface area contributed by atoms with E-state index < -0.39 is 17.5 Å². The molecule has 0 spiro atoms. The average molecular weight is 588 g/mol. The molecule has 0 unspecified atom stereocenters. The second kappa shape index (κ2) is 12.9. The third-order valence-corrected chi connectivity index (χ3v) is 7.92.